The standard InChI is InChI=1S/C31H24F6N6O/c1-42-24-5-4-16(10-17(24)13-39-42)20-3-2-6-38-27(20)23(9-15-7-18(32)11-19(33)8-15)40-25(44)14-43-29-26(28(41-43)30(34)35)21-12-22(21)31(29,36)37/h2-8,10-11,13,21-23,30H,9,12,14H2,1H3,(H,40,44)/t21?,22?,23-/m0/s1. The van der Waals surface area contributed by atoms with E-state index < -0.39 is 65.7 Å². The number of rotatable bonds is 8. The number of fused-ring (bicyclic) bond motifs is 4. The van der Waals surface area contributed by atoms with E-state index in [-0.39, 0.29) is 24.0 Å². The van der Waals surface area contributed by atoms with Crippen LogP contribution in [0.5, 0.6) is 0 Å². The molecule has 0 saturated heterocycles. The number of amides is 1. The highest BCUT2D eigenvalue weighted by Crippen LogP contribution is 2.68. The van der Waals surface area contributed by atoms with Gasteiger partial charge in [-0.1, -0.05) is 12.1 Å². The van der Waals surface area contributed by atoms with E-state index in [1.165, 1.54) is 6.20 Å². The Kier molecular flexibility index (Phi) is 6.52. The Hall–Kier alpha value is -4.68. The molecule has 7 nitrogen and oxygen atoms in total. The molecule has 2 aliphatic rings. The average Bonchev–Trinajstić information content (AvgIpc) is 3.48. The molecule has 2 aliphatic carbocycles. The van der Waals surface area contributed by atoms with E-state index in [9.17, 15) is 22.4 Å². The fourth-order valence-corrected chi connectivity index (χ4v) is 6.40. The molecule has 3 heterocycles. The monoisotopic (exact) mass is 610 g/mol. The molecule has 0 bridgehead atoms. The molecule has 1 amide bonds. The van der Waals surface area contributed by atoms with Gasteiger partial charge in [-0.05, 0) is 60.2 Å². The molecule has 3 atom stereocenters. The Balaban J connectivity index is 1.25. The number of halogens is 6. The number of hydrogen-bond acceptors (Lipinski definition) is 4. The van der Waals surface area contributed by atoms with Gasteiger partial charge in [-0.25, -0.2) is 17.6 Å². The summed E-state index contributed by atoms with van der Waals surface area (Å²) >= 11 is 0. The molecule has 1 saturated carbocycles. The number of alkyl halides is 4. The zero-order valence-electron chi connectivity index (χ0n) is 23.1. The SMILES string of the molecule is Cn1ncc2cc(-c3cccnc3[C@H](Cc3cc(F)cc(F)c3)NC(=O)Cn3nc(C(F)F)c4c3C(F)(F)C3CC43)ccc21. The number of carbonyl (C=O) groups is 1. The molecule has 1 N–H and O–H groups in total. The van der Waals surface area contributed by atoms with Crippen molar-refractivity contribution in [1.82, 2.24) is 29.9 Å². The minimum Gasteiger partial charge on any atom is -0.346 e. The molecule has 0 aliphatic heterocycles. The summed E-state index contributed by atoms with van der Waals surface area (Å²) in [6.07, 6.45) is 0.0948. The van der Waals surface area contributed by atoms with Crippen LogP contribution in [0, 0.1) is 17.6 Å². The van der Waals surface area contributed by atoms with Crippen molar-refractivity contribution in [2.75, 3.05) is 0 Å². The molecule has 2 unspecified atom stereocenters. The van der Waals surface area contributed by atoms with Crippen molar-refractivity contribution in [3.05, 3.63) is 101 Å². The molecule has 5 aromatic rings. The smallest absolute Gasteiger partial charge is 0.293 e. The summed E-state index contributed by atoms with van der Waals surface area (Å²) in [5.74, 6) is -7.62. The van der Waals surface area contributed by atoms with Crippen LogP contribution in [0.4, 0.5) is 26.3 Å². The summed E-state index contributed by atoms with van der Waals surface area (Å²) in [4.78, 5) is 17.9. The second-order valence-electron chi connectivity index (χ2n) is 11.3. The summed E-state index contributed by atoms with van der Waals surface area (Å²) in [7, 11) is 1.80. The van der Waals surface area contributed by atoms with E-state index in [4.69, 9.17) is 0 Å². The number of carbonyl (C=O) groups excluding carboxylic acids is 1. The maximum atomic E-state index is 15.1. The Morgan fingerprint density at radius 1 is 1.09 bits per heavy atom. The van der Waals surface area contributed by atoms with Crippen molar-refractivity contribution in [2.45, 2.75) is 43.7 Å². The van der Waals surface area contributed by atoms with Crippen LogP contribution < -0.4 is 5.32 Å². The first-order valence-corrected chi connectivity index (χ1v) is 13.9. The fraction of sp³-hybridized carbons (Fsp3) is 0.290. The van der Waals surface area contributed by atoms with Crippen LogP contribution in [-0.2, 0) is 30.7 Å². The van der Waals surface area contributed by atoms with Crippen LogP contribution in [0.1, 0.15) is 53.0 Å². The zero-order chi connectivity index (χ0) is 30.9. The van der Waals surface area contributed by atoms with Crippen molar-refractivity contribution >= 4 is 16.8 Å². The number of aromatic nitrogens is 5. The van der Waals surface area contributed by atoms with Crippen molar-refractivity contribution in [2.24, 2.45) is 13.0 Å². The molecule has 13 heteroatoms. The van der Waals surface area contributed by atoms with E-state index >= 15 is 8.78 Å². The van der Waals surface area contributed by atoms with Crippen LogP contribution in [0.25, 0.3) is 22.0 Å². The van der Waals surface area contributed by atoms with Crippen molar-refractivity contribution in [1.29, 1.82) is 0 Å². The van der Waals surface area contributed by atoms with Gasteiger partial charge in [0.15, 0.2) is 0 Å². The van der Waals surface area contributed by atoms with Gasteiger partial charge >= 0.3 is 0 Å². The average molecular weight is 611 g/mol. The van der Waals surface area contributed by atoms with Gasteiger partial charge in [0.2, 0.25) is 5.91 Å². The van der Waals surface area contributed by atoms with Gasteiger partial charge in [0.25, 0.3) is 12.3 Å². The number of aryl methyl sites for hydroxylation is 1. The van der Waals surface area contributed by atoms with Gasteiger partial charge in [0.1, 0.15) is 29.6 Å². The van der Waals surface area contributed by atoms with E-state index in [1.54, 1.807) is 30.1 Å². The molecular weight excluding hydrogens is 586 g/mol. The minimum absolute atomic E-state index is 0.0944. The minimum atomic E-state index is -3.39. The Labute approximate surface area is 246 Å². The lowest BCUT2D eigenvalue weighted by atomic mass is 9.95. The van der Waals surface area contributed by atoms with Gasteiger partial charge < -0.3 is 5.32 Å². The number of hydrogen-bond donors (Lipinski definition) is 1. The highest BCUT2D eigenvalue weighted by Gasteiger charge is 2.67. The van der Waals surface area contributed by atoms with Crippen LogP contribution in [0.2, 0.25) is 0 Å². The normalized spacial score (nSPS) is 18.8. The number of pyridine rings is 1. The van der Waals surface area contributed by atoms with E-state index in [1.807, 2.05) is 18.2 Å². The van der Waals surface area contributed by atoms with Crippen molar-refractivity contribution < 1.29 is 31.1 Å². The van der Waals surface area contributed by atoms with Crippen LogP contribution in [-0.4, -0.2) is 30.5 Å². The number of nitrogens with zero attached hydrogens (tertiary/aromatic N) is 5. The molecule has 7 rings (SSSR count). The molecule has 2 aromatic carbocycles. The van der Waals surface area contributed by atoms with Gasteiger partial charge in [0.05, 0.1) is 23.4 Å². The molecule has 44 heavy (non-hydrogen) atoms. The summed E-state index contributed by atoms with van der Waals surface area (Å²) in [6, 6.07) is 11.0. The van der Waals surface area contributed by atoms with Gasteiger partial charge in [-0.15, -0.1) is 0 Å². The first-order chi connectivity index (χ1) is 21.0. The third-order valence-electron chi connectivity index (χ3n) is 8.38. The topological polar surface area (TPSA) is 77.6 Å². The molecule has 1 fully saturated rings. The first-order valence-electron chi connectivity index (χ1n) is 13.9. The third-order valence-corrected chi connectivity index (χ3v) is 8.38. The van der Waals surface area contributed by atoms with E-state index in [0.29, 0.717) is 15.9 Å². The Morgan fingerprint density at radius 3 is 2.61 bits per heavy atom. The van der Waals surface area contributed by atoms with E-state index in [0.717, 1.165) is 34.7 Å². The number of nitrogens with one attached hydrogen (secondary N) is 1. The van der Waals surface area contributed by atoms with Crippen molar-refractivity contribution in [3.8, 4) is 11.1 Å². The maximum absolute atomic E-state index is 15.1. The molecule has 0 spiro atoms. The van der Waals surface area contributed by atoms with Gasteiger partial charge in [0, 0.05) is 41.7 Å². The van der Waals surface area contributed by atoms with Gasteiger partial charge in [-0.3, -0.25) is 19.1 Å². The van der Waals surface area contributed by atoms with Crippen LogP contribution >= 0.6 is 0 Å². The Bertz CT molecular complexity index is 1910. The quantitative estimate of drug-likeness (QED) is 0.208. The van der Waals surface area contributed by atoms with Gasteiger partial charge in [-0.2, -0.15) is 19.0 Å². The molecular formula is C31H24F6N6O. The van der Waals surface area contributed by atoms with Crippen molar-refractivity contribution in [3.63, 3.8) is 0 Å². The summed E-state index contributed by atoms with van der Waals surface area (Å²) in [6.45, 7) is -0.762. The zero-order valence-corrected chi connectivity index (χ0v) is 23.1. The van der Waals surface area contributed by atoms with Crippen LogP contribution in [0.15, 0.2) is 60.9 Å². The van der Waals surface area contributed by atoms with E-state index in [2.05, 4.69) is 20.5 Å². The second-order valence-corrected chi connectivity index (χ2v) is 11.3. The lowest BCUT2D eigenvalue weighted by Crippen LogP contribution is -2.35. The maximum Gasteiger partial charge on any atom is 0.293 e. The second kappa shape index (κ2) is 10.2. The fourth-order valence-electron chi connectivity index (χ4n) is 6.40. The highest BCUT2D eigenvalue weighted by atomic mass is 19.3. The highest BCUT2D eigenvalue weighted by molar-refractivity contribution is 5.85. The Morgan fingerprint density at radius 2 is 1.86 bits per heavy atom. The lowest BCUT2D eigenvalue weighted by molar-refractivity contribution is -0.123. The predicted molar refractivity (Wildman–Crippen MR) is 147 cm³/mol. The van der Waals surface area contributed by atoms with Crippen LogP contribution in [0.3, 0.4) is 0 Å². The first kappa shape index (κ1) is 28.1. The molecule has 0 radical (unpaired) electrons. The summed E-state index contributed by atoms with van der Waals surface area (Å²) < 4.78 is 88.3. The number of benzene rings is 2. The predicted octanol–water partition coefficient (Wildman–Crippen LogP) is 6.36. The largest absolute Gasteiger partial charge is 0.346 e. The summed E-state index contributed by atoms with van der Waals surface area (Å²) in [5.41, 5.74) is 1.20. The third kappa shape index (κ3) is 4.70. The summed E-state index contributed by atoms with van der Waals surface area (Å²) in [5, 5.41) is 11.6. The molecule has 226 valence electrons. The molecule has 3 aromatic heterocycles. The lowest BCUT2D eigenvalue weighted by Gasteiger charge is -2.22.